The molecular formula is C21H36N4O2S. The number of ether oxygens (including phenoxy) is 1. The number of hydrogen-bond donors (Lipinski definition) is 1. The van der Waals surface area contributed by atoms with E-state index in [0.717, 1.165) is 51.9 Å². The minimum absolute atomic E-state index is 0.0421. The van der Waals surface area contributed by atoms with Crippen LogP contribution in [0.15, 0.2) is 17.5 Å². The van der Waals surface area contributed by atoms with Gasteiger partial charge in [0, 0.05) is 50.8 Å². The predicted molar refractivity (Wildman–Crippen MR) is 115 cm³/mol. The molecule has 0 spiro atoms. The zero-order chi connectivity index (χ0) is 19.6. The molecule has 0 aromatic carbocycles. The summed E-state index contributed by atoms with van der Waals surface area (Å²) in [5, 5.41) is 5.20. The highest BCUT2D eigenvalue weighted by atomic mass is 32.1. The first-order chi connectivity index (χ1) is 13.7. The molecule has 7 heteroatoms. The fraction of sp³-hybridized carbons (Fsp3) is 0.762. The summed E-state index contributed by atoms with van der Waals surface area (Å²) in [6.07, 6.45) is 4.52. The van der Waals surface area contributed by atoms with Gasteiger partial charge in [0.25, 0.3) is 0 Å². The molecule has 3 rings (SSSR count). The fourth-order valence-corrected chi connectivity index (χ4v) is 4.66. The molecule has 1 aromatic heterocycles. The van der Waals surface area contributed by atoms with Gasteiger partial charge in [-0.3, -0.25) is 0 Å². The molecule has 2 saturated heterocycles. The molecule has 2 amide bonds. The van der Waals surface area contributed by atoms with E-state index in [1.807, 2.05) is 11.0 Å². The van der Waals surface area contributed by atoms with Gasteiger partial charge in [-0.15, -0.1) is 11.3 Å². The first kappa shape index (κ1) is 21.6. The lowest BCUT2D eigenvalue weighted by Crippen LogP contribution is -2.46. The zero-order valence-electron chi connectivity index (χ0n) is 17.3. The van der Waals surface area contributed by atoms with E-state index < -0.39 is 0 Å². The number of rotatable bonds is 10. The Hall–Kier alpha value is -1.15. The Morgan fingerprint density at radius 2 is 2.11 bits per heavy atom. The van der Waals surface area contributed by atoms with Gasteiger partial charge in [-0.05, 0) is 50.2 Å². The minimum atomic E-state index is 0.0421. The van der Waals surface area contributed by atoms with Crippen LogP contribution in [0.1, 0.15) is 37.5 Å². The molecule has 3 heterocycles. The molecule has 2 aliphatic heterocycles. The van der Waals surface area contributed by atoms with Crippen LogP contribution in [0.3, 0.4) is 0 Å². The van der Waals surface area contributed by atoms with Crippen molar-refractivity contribution >= 4 is 17.4 Å². The molecular weight excluding hydrogens is 372 g/mol. The van der Waals surface area contributed by atoms with Crippen LogP contribution in [-0.4, -0.2) is 85.8 Å². The molecule has 1 N–H and O–H groups in total. The molecule has 158 valence electrons. The van der Waals surface area contributed by atoms with Crippen LogP contribution in [0.2, 0.25) is 0 Å². The molecule has 0 aliphatic carbocycles. The number of likely N-dealkylation sites (N-methyl/N-ethyl adjacent to an activating group) is 1. The Kier molecular flexibility index (Phi) is 9.05. The fourth-order valence-electron chi connectivity index (χ4n) is 3.94. The van der Waals surface area contributed by atoms with E-state index in [9.17, 15) is 4.79 Å². The number of thiophene rings is 1. The van der Waals surface area contributed by atoms with E-state index in [1.54, 1.807) is 11.3 Å². The SMILES string of the molecule is CCN1CCN(CCCCNC(=O)N(Cc2cccs2)CC2CCCO2)CC1. The first-order valence-electron chi connectivity index (χ1n) is 10.9. The third-order valence-electron chi connectivity index (χ3n) is 5.75. The molecule has 2 fully saturated rings. The molecule has 0 bridgehead atoms. The highest BCUT2D eigenvalue weighted by Gasteiger charge is 2.23. The average molecular weight is 409 g/mol. The van der Waals surface area contributed by atoms with Crippen molar-refractivity contribution < 1.29 is 9.53 Å². The Bertz CT molecular complexity index is 555. The number of unbranched alkanes of at least 4 members (excludes halogenated alkanes) is 1. The summed E-state index contributed by atoms with van der Waals surface area (Å²) >= 11 is 1.70. The highest BCUT2D eigenvalue weighted by molar-refractivity contribution is 7.09. The summed E-state index contributed by atoms with van der Waals surface area (Å²) in [5.74, 6) is 0. The Labute approximate surface area is 173 Å². The number of carbonyl (C=O) groups excluding carboxylic acids is 1. The second kappa shape index (κ2) is 11.8. The second-order valence-electron chi connectivity index (χ2n) is 7.81. The van der Waals surface area contributed by atoms with Crippen molar-refractivity contribution in [2.24, 2.45) is 0 Å². The quantitative estimate of drug-likeness (QED) is 0.605. The van der Waals surface area contributed by atoms with Gasteiger partial charge in [0.15, 0.2) is 0 Å². The van der Waals surface area contributed by atoms with Gasteiger partial charge in [-0.1, -0.05) is 13.0 Å². The Balaban J connectivity index is 1.34. The Morgan fingerprint density at radius 1 is 1.29 bits per heavy atom. The summed E-state index contributed by atoms with van der Waals surface area (Å²) in [4.78, 5) is 20.9. The number of urea groups is 1. The normalized spacial score (nSPS) is 21.1. The number of nitrogens with zero attached hydrogens (tertiary/aromatic N) is 3. The summed E-state index contributed by atoms with van der Waals surface area (Å²) in [6.45, 7) is 12.2. The molecule has 28 heavy (non-hydrogen) atoms. The monoisotopic (exact) mass is 408 g/mol. The van der Waals surface area contributed by atoms with Gasteiger partial charge in [-0.2, -0.15) is 0 Å². The van der Waals surface area contributed by atoms with Crippen molar-refractivity contribution in [1.29, 1.82) is 0 Å². The van der Waals surface area contributed by atoms with Gasteiger partial charge >= 0.3 is 6.03 Å². The first-order valence-corrected chi connectivity index (χ1v) is 11.7. The average Bonchev–Trinajstić information content (AvgIpc) is 3.42. The van der Waals surface area contributed by atoms with E-state index in [4.69, 9.17) is 4.74 Å². The van der Waals surface area contributed by atoms with Crippen molar-refractivity contribution in [2.45, 2.75) is 45.3 Å². The number of nitrogens with one attached hydrogen (secondary N) is 1. The summed E-state index contributed by atoms with van der Waals surface area (Å²) in [6, 6.07) is 4.18. The van der Waals surface area contributed by atoms with Crippen LogP contribution in [0, 0.1) is 0 Å². The molecule has 2 aliphatic rings. The van der Waals surface area contributed by atoms with Crippen LogP contribution in [-0.2, 0) is 11.3 Å². The van der Waals surface area contributed by atoms with Crippen LogP contribution in [0.4, 0.5) is 4.79 Å². The van der Waals surface area contributed by atoms with E-state index >= 15 is 0 Å². The summed E-state index contributed by atoms with van der Waals surface area (Å²) in [5.41, 5.74) is 0. The summed E-state index contributed by atoms with van der Waals surface area (Å²) < 4.78 is 5.75. The molecule has 0 saturated carbocycles. The highest BCUT2D eigenvalue weighted by Crippen LogP contribution is 2.17. The number of piperazine rings is 1. The largest absolute Gasteiger partial charge is 0.376 e. The van der Waals surface area contributed by atoms with Crippen molar-refractivity contribution in [1.82, 2.24) is 20.0 Å². The lowest BCUT2D eigenvalue weighted by molar-refractivity contribution is 0.0797. The maximum atomic E-state index is 12.7. The van der Waals surface area contributed by atoms with E-state index in [2.05, 4.69) is 33.5 Å². The number of amides is 2. The standard InChI is InChI=1S/C21H36N4O2S/c1-2-23-11-13-24(14-12-23)10-4-3-9-22-21(26)25(17-19-7-5-15-27-19)18-20-8-6-16-28-20/h6,8,16,19H,2-5,7,9-15,17-18H2,1H3,(H,22,26). The molecule has 0 radical (unpaired) electrons. The topological polar surface area (TPSA) is 48.0 Å². The number of carbonyl (C=O) groups is 1. The maximum absolute atomic E-state index is 12.7. The van der Waals surface area contributed by atoms with E-state index in [0.29, 0.717) is 13.1 Å². The number of hydrogen-bond acceptors (Lipinski definition) is 5. The van der Waals surface area contributed by atoms with Gasteiger partial charge in [0.1, 0.15) is 0 Å². The van der Waals surface area contributed by atoms with Gasteiger partial charge < -0.3 is 24.8 Å². The third-order valence-corrected chi connectivity index (χ3v) is 6.61. The van der Waals surface area contributed by atoms with Crippen LogP contribution in [0.5, 0.6) is 0 Å². The summed E-state index contributed by atoms with van der Waals surface area (Å²) in [7, 11) is 0. The minimum Gasteiger partial charge on any atom is -0.376 e. The lowest BCUT2D eigenvalue weighted by Gasteiger charge is -2.34. The maximum Gasteiger partial charge on any atom is 0.317 e. The van der Waals surface area contributed by atoms with Crippen LogP contribution < -0.4 is 5.32 Å². The van der Waals surface area contributed by atoms with Crippen molar-refractivity contribution in [3.8, 4) is 0 Å². The van der Waals surface area contributed by atoms with Crippen molar-refractivity contribution in [2.75, 3.05) is 59.0 Å². The van der Waals surface area contributed by atoms with Crippen molar-refractivity contribution in [3.63, 3.8) is 0 Å². The van der Waals surface area contributed by atoms with E-state index in [-0.39, 0.29) is 12.1 Å². The lowest BCUT2D eigenvalue weighted by atomic mass is 10.2. The predicted octanol–water partition coefficient (Wildman–Crippen LogP) is 2.86. The molecule has 6 nitrogen and oxygen atoms in total. The third kappa shape index (κ3) is 7.03. The molecule has 1 aromatic rings. The van der Waals surface area contributed by atoms with Crippen molar-refractivity contribution in [3.05, 3.63) is 22.4 Å². The van der Waals surface area contributed by atoms with Crippen LogP contribution in [0.25, 0.3) is 0 Å². The molecule has 1 atom stereocenters. The van der Waals surface area contributed by atoms with E-state index in [1.165, 1.54) is 31.1 Å². The van der Waals surface area contributed by atoms with Gasteiger partial charge in [-0.25, -0.2) is 4.79 Å². The second-order valence-corrected chi connectivity index (χ2v) is 8.84. The van der Waals surface area contributed by atoms with Gasteiger partial charge in [0.05, 0.1) is 12.6 Å². The zero-order valence-corrected chi connectivity index (χ0v) is 18.1. The van der Waals surface area contributed by atoms with Crippen LogP contribution >= 0.6 is 11.3 Å². The Morgan fingerprint density at radius 3 is 2.79 bits per heavy atom. The molecule has 1 unspecified atom stereocenters. The smallest absolute Gasteiger partial charge is 0.317 e. The van der Waals surface area contributed by atoms with Gasteiger partial charge in [0.2, 0.25) is 0 Å².